The Kier molecular flexibility index (Phi) is 9.47. The Bertz CT molecular complexity index is 4280. The Hall–Kier alpha value is -6.56. The van der Waals surface area contributed by atoms with Gasteiger partial charge in [-0.25, -0.2) is 20.0 Å². The molecule has 24 bridgehead atoms. The van der Waals surface area contributed by atoms with Crippen LogP contribution in [-0.4, -0.2) is 42.3 Å². The van der Waals surface area contributed by atoms with E-state index in [2.05, 4.69) is 92.7 Å². The molecule has 8 aromatic rings. The van der Waals surface area contributed by atoms with Crippen molar-refractivity contribution in [3.05, 3.63) is 94.7 Å². The number of nitrogens with one attached hydrogen (secondary N) is 4. The highest BCUT2D eigenvalue weighted by Gasteiger charge is 2.57. The number of aromatic amines is 4. The molecule has 0 saturated heterocycles. The van der Waals surface area contributed by atoms with Gasteiger partial charge in [0.25, 0.3) is 0 Å². The van der Waals surface area contributed by atoms with Gasteiger partial charge in [0.2, 0.25) is 0 Å². The van der Waals surface area contributed by atoms with Crippen molar-refractivity contribution in [2.24, 2.45) is 91.0 Å². The highest BCUT2D eigenvalue weighted by atomic mass is 16.5. The topological polar surface area (TPSA) is 150 Å². The third kappa shape index (κ3) is 7.17. The molecule has 17 aliphatic rings. The van der Waals surface area contributed by atoms with E-state index in [1.807, 2.05) is 0 Å². The SMILES string of the molecule is c1ccc2c3[nH]c(c2c1)N=c1[nH]c(c2ccccc12)=Nc1[nH]c(c2c(OC45CC6CC(CC(C6)C4)C5)ccc(OC45CC6CC(CC(C6)C4)C5)c12)N=c1[nH]c(c2c(OC45CC6CC(CC(C6)C4)C5)ccc(OC45CC6CC(CC(C6)C4)C5)c12)=N3. The van der Waals surface area contributed by atoms with E-state index in [1.165, 1.54) is 77.0 Å². The zero-order chi connectivity index (χ0) is 54.4. The Balaban J connectivity index is 0.863. The number of nitrogens with zero attached hydrogens (tertiary/aromatic N) is 4. The van der Waals surface area contributed by atoms with Gasteiger partial charge in [0.15, 0.2) is 0 Å². The maximum absolute atomic E-state index is 7.86. The van der Waals surface area contributed by atoms with Crippen LogP contribution in [0.25, 0.3) is 43.1 Å². The summed E-state index contributed by atoms with van der Waals surface area (Å²) in [5.41, 5.74) is 2.00. The minimum atomic E-state index is -0.220. The van der Waals surface area contributed by atoms with Gasteiger partial charge in [-0.15, -0.1) is 0 Å². The summed E-state index contributed by atoms with van der Waals surface area (Å²) in [7, 11) is 0. The van der Waals surface area contributed by atoms with E-state index in [-0.39, 0.29) is 22.4 Å². The number of ether oxygens (including phenoxy) is 4. The van der Waals surface area contributed by atoms with Crippen molar-refractivity contribution in [1.29, 1.82) is 0 Å². The van der Waals surface area contributed by atoms with E-state index in [4.69, 9.17) is 38.9 Å². The van der Waals surface area contributed by atoms with Crippen LogP contribution in [0.1, 0.15) is 154 Å². The lowest BCUT2D eigenvalue weighted by atomic mass is 9.54. The fourth-order valence-electron chi connectivity index (χ4n) is 23.9. The summed E-state index contributed by atoms with van der Waals surface area (Å²) in [6.07, 6.45) is 29.5. The molecule has 4 N–H and O–H groups in total. The zero-order valence-electron chi connectivity index (χ0n) is 48.2. The molecule has 0 amide bonds. The van der Waals surface area contributed by atoms with E-state index in [9.17, 15) is 0 Å². The minimum Gasteiger partial charge on any atom is -0.486 e. The van der Waals surface area contributed by atoms with Crippen LogP contribution in [-0.2, 0) is 0 Å². The summed E-state index contributed by atoms with van der Waals surface area (Å²) < 4.78 is 31.4. The Morgan fingerprint density at radius 1 is 0.262 bits per heavy atom. The first-order chi connectivity index (χ1) is 41.1. The van der Waals surface area contributed by atoms with Crippen LogP contribution in [0.5, 0.6) is 23.0 Å². The molecule has 84 heavy (non-hydrogen) atoms. The molecule has 0 radical (unpaired) electrons. The van der Waals surface area contributed by atoms with Gasteiger partial charge in [0.1, 0.15) is 90.6 Å². The minimum absolute atomic E-state index is 0.212. The summed E-state index contributed by atoms with van der Waals surface area (Å²) >= 11 is 0. The van der Waals surface area contributed by atoms with E-state index in [1.54, 1.807) is 0 Å². The van der Waals surface area contributed by atoms with Crippen molar-refractivity contribution in [3.63, 3.8) is 0 Å². The second-order valence-corrected chi connectivity index (χ2v) is 31.3. The van der Waals surface area contributed by atoms with Gasteiger partial charge >= 0.3 is 0 Å². The predicted octanol–water partition coefficient (Wildman–Crippen LogP) is 15.1. The van der Waals surface area contributed by atoms with Crippen LogP contribution in [0, 0.1) is 71.0 Å². The first-order valence-electron chi connectivity index (χ1n) is 33.3. The maximum Gasteiger partial charge on any atom is 0.145 e. The first kappa shape index (κ1) is 47.7. The smallest absolute Gasteiger partial charge is 0.145 e. The number of hydrogen-bond donors (Lipinski definition) is 4. The third-order valence-electron chi connectivity index (χ3n) is 25.2. The number of H-pyrrole nitrogens is 4. The molecule has 16 fully saturated rings. The van der Waals surface area contributed by atoms with Crippen LogP contribution in [0.15, 0.2) is 92.8 Å². The second-order valence-electron chi connectivity index (χ2n) is 31.3. The molecule has 0 spiro atoms. The molecule has 428 valence electrons. The van der Waals surface area contributed by atoms with Gasteiger partial charge in [0, 0.05) is 21.5 Å². The van der Waals surface area contributed by atoms with Crippen LogP contribution >= 0.6 is 0 Å². The van der Waals surface area contributed by atoms with Gasteiger partial charge in [0.05, 0.1) is 21.5 Å². The number of rotatable bonds is 8. The number of aromatic nitrogens is 4. The second kappa shape index (κ2) is 16.7. The molecular weight excluding hydrogens is 1040 g/mol. The lowest BCUT2D eigenvalue weighted by Gasteiger charge is -2.56. The molecule has 0 atom stereocenters. The average Bonchev–Trinajstić information content (AvgIpc) is 1.93. The summed E-state index contributed by atoms with van der Waals surface area (Å²) in [6.45, 7) is 0. The highest BCUT2D eigenvalue weighted by Crippen LogP contribution is 2.63. The summed E-state index contributed by atoms with van der Waals surface area (Å²) in [5.74, 6) is 15.0. The van der Waals surface area contributed by atoms with Crippen molar-refractivity contribution < 1.29 is 18.9 Å². The first-order valence-corrected chi connectivity index (χ1v) is 33.3. The molecule has 0 unspecified atom stereocenters. The molecule has 1 aliphatic heterocycles. The van der Waals surface area contributed by atoms with Crippen LogP contribution < -0.4 is 40.9 Å². The lowest BCUT2D eigenvalue weighted by Crippen LogP contribution is -2.54. The van der Waals surface area contributed by atoms with Crippen molar-refractivity contribution in [1.82, 2.24) is 19.9 Å². The van der Waals surface area contributed by atoms with E-state index < -0.39 is 0 Å². The molecule has 5 heterocycles. The van der Waals surface area contributed by atoms with Gasteiger partial charge in [-0.2, -0.15) is 0 Å². The van der Waals surface area contributed by atoms with Crippen LogP contribution in [0.4, 0.5) is 23.3 Å². The van der Waals surface area contributed by atoms with Crippen molar-refractivity contribution in [2.45, 2.75) is 177 Å². The van der Waals surface area contributed by atoms with Crippen molar-refractivity contribution >= 4 is 66.4 Å². The van der Waals surface area contributed by atoms with Crippen molar-refractivity contribution in [3.8, 4) is 23.0 Å². The maximum atomic E-state index is 7.86. The molecular formula is C72H76N8O4. The summed E-state index contributed by atoms with van der Waals surface area (Å²) in [5, 5.41) is 7.70. The number of fused-ring (bicyclic) bond motifs is 20. The van der Waals surface area contributed by atoms with Gasteiger partial charge in [-0.3, -0.25) is 0 Å². The number of hydrogen-bond acceptors (Lipinski definition) is 8. The molecule has 25 rings (SSSR count). The molecule has 12 nitrogen and oxygen atoms in total. The Morgan fingerprint density at radius 3 is 0.821 bits per heavy atom. The third-order valence-corrected chi connectivity index (χ3v) is 25.2. The number of benzene rings is 4. The summed E-state index contributed by atoms with van der Waals surface area (Å²) in [4.78, 5) is 38.7. The highest BCUT2D eigenvalue weighted by molar-refractivity contribution is 6.08. The fraction of sp³-hybridized carbons (Fsp3) is 0.556. The molecule has 12 heteroatoms. The zero-order valence-corrected chi connectivity index (χ0v) is 48.2. The average molecular weight is 1120 g/mol. The Labute approximate surface area is 488 Å². The normalized spacial score (nSPS) is 38.4. The monoisotopic (exact) mass is 1120 g/mol. The predicted molar refractivity (Wildman–Crippen MR) is 323 cm³/mol. The molecule has 16 saturated carbocycles. The van der Waals surface area contributed by atoms with Crippen molar-refractivity contribution in [2.75, 3.05) is 0 Å². The van der Waals surface area contributed by atoms with E-state index in [0.29, 0.717) is 22.6 Å². The molecule has 4 aromatic carbocycles. The van der Waals surface area contributed by atoms with Crippen LogP contribution in [0.2, 0.25) is 0 Å². The van der Waals surface area contributed by atoms with Crippen LogP contribution in [0.3, 0.4) is 0 Å². The van der Waals surface area contributed by atoms with E-state index in [0.717, 1.165) is 237 Å². The van der Waals surface area contributed by atoms with E-state index >= 15 is 0 Å². The Morgan fingerprint density at radius 2 is 0.500 bits per heavy atom. The summed E-state index contributed by atoms with van der Waals surface area (Å²) in [6, 6.07) is 26.1. The largest absolute Gasteiger partial charge is 0.486 e. The molecule has 4 aromatic heterocycles. The fourth-order valence-corrected chi connectivity index (χ4v) is 23.9. The molecule has 16 aliphatic carbocycles. The van der Waals surface area contributed by atoms with Gasteiger partial charge < -0.3 is 38.9 Å². The lowest BCUT2D eigenvalue weighted by molar-refractivity contribution is -0.108. The quantitative estimate of drug-likeness (QED) is 0.120. The van der Waals surface area contributed by atoms with Gasteiger partial charge in [-0.05, 0) is 249 Å². The standard InChI is InChI=1S/C72H76N8O4/c1-3-7-51-49(5-1)61-73-62-50-6-2-4-8-52(50)64(75-62)77-66-58-54(82-70-28-40-16-41(29-70)18-42(17-40)30-70)10-12-56(84-72-34-46-22-47(35-72)24-48(23-46)36-72)60(58)68(79-66)80-67-59-55(83-71-31-43-19-44(32-71)21-45(20-43)33-71)11-9-53(57(59)65(78-67)76-63(51)74-61)81-69-25-37-13-38(26-69)15-39(14-37)27-69/h1-12,37-48H,13-36H2,(H4,73,74,75,76,77,78,79,80). The van der Waals surface area contributed by atoms with Gasteiger partial charge in [-0.1, -0.05) is 48.5 Å².